The molecule has 3 heteroatoms. The molecule has 0 bridgehead atoms. The highest BCUT2D eigenvalue weighted by Gasteiger charge is 2.35. The summed E-state index contributed by atoms with van der Waals surface area (Å²) in [5.41, 5.74) is 3.45. The van der Waals surface area contributed by atoms with Gasteiger partial charge >= 0.3 is 0 Å². The van der Waals surface area contributed by atoms with Gasteiger partial charge in [0.1, 0.15) is 0 Å². The van der Waals surface area contributed by atoms with Gasteiger partial charge in [-0.3, -0.25) is 4.79 Å². The molecule has 1 aromatic rings. The molecule has 0 N–H and O–H groups in total. The largest absolute Gasteiger partial charge is 0.381 e. The molecule has 1 amide bonds. The number of amides is 1. The Morgan fingerprint density at radius 2 is 1.87 bits per heavy atom. The molecule has 0 aromatic heterocycles. The highest BCUT2D eigenvalue weighted by molar-refractivity contribution is 5.96. The van der Waals surface area contributed by atoms with E-state index in [1.807, 2.05) is 0 Å². The number of carbonyl (C=O) groups excluding carboxylic acids is 1. The van der Waals surface area contributed by atoms with Crippen LogP contribution in [-0.2, 0) is 4.74 Å². The van der Waals surface area contributed by atoms with Gasteiger partial charge in [-0.05, 0) is 68.4 Å². The Morgan fingerprint density at radius 1 is 1.09 bits per heavy atom. The second-order valence-corrected chi connectivity index (χ2v) is 7.61. The Bertz CT molecular complexity index is 587. The molecular weight excluding hydrogens is 286 g/mol. The Balaban J connectivity index is 1.48. The van der Waals surface area contributed by atoms with Gasteiger partial charge in [-0.25, -0.2) is 0 Å². The van der Waals surface area contributed by atoms with Crippen LogP contribution in [0.2, 0.25) is 0 Å². The number of aryl methyl sites for hydroxylation is 1. The van der Waals surface area contributed by atoms with Crippen LogP contribution in [-0.4, -0.2) is 37.1 Å². The van der Waals surface area contributed by atoms with Gasteiger partial charge in [0.05, 0.1) is 0 Å². The average molecular weight is 313 g/mol. The number of benzene rings is 1. The number of carbonyl (C=O) groups is 1. The SMILES string of the molecule is Cc1ccc(C2CC2)c(C(=O)N2CCC(C3CCOCC3)C2)c1. The molecule has 3 nitrogen and oxygen atoms in total. The summed E-state index contributed by atoms with van der Waals surface area (Å²) in [5.74, 6) is 2.33. The first-order valence-corrected chi connectivity index (χ1v) is 9.20. The van der Waals surface area contributed by atoms with Crippen molar-refractivity contribution in [2.75, 3.05) is 26.3 Å². The van der Waals surface area contributed by atoms with Crippen LogP contribution < -0.4 is 0 Å². The van der Waals surface area contributed by atoms with Crippen molar-refractivity contribution in [1.82, 2.24) is 4.90 Å². The summed E-state index contributed by atoms with van der Waals surface area (Å²) in [5, 5.41) is 0. The lowest BCUT2D eigenvalue weighted by atomic mass is 9.85. The van der Waals surface area contributed by atoms with E-state index in [1.54, 1.807) is 0 Å². The van der Waals surface area contributed by atoms with Crippen LogP contribution in [0.25, 0.3) is 0 Å². The van der Waals surface area contributed by atoms with Crippen molar-refractivity contribution in [3.05, 3.63) is 34.9 Å². The van der Waals surface area contributed by atoms with Gasteiger partial charge in [-0.1, -0.05) is 17.7 Å². The fraction of sp³-hybridized carbons (Fsp3) is 0.650. The number of ether oxygens (including phenoxy) is 1. The predicted molar refractivity (Wildman–Crippen MR) is 90.7 cm³/mol. The normalized spacial score (nSPS) is 25.8. The Hall–Kier alpha value is -1.35. The fourth-order valence-corrected chi connectivity index (χ4v) is 4.32. The Morgan fingerprint density at radius 3 is 2.61 bits per heavy atom. The van der Waals surface area contributed by atoms with Gasteiger partial charge in [-0.2, -0.15) is 0 Å². The van der Waals surface area contributed by atoms with Gasteiger partial charge in [0.25, 0.3) is 5.91 Å². The van der Waals surface area contributed by atoms with E-state index in [4.69, 9.17) is 4.74 Å². The van der Waals surface area contributed by atoms with Crippen LogP contribution in [0.5, 0.6) is 0 Å². The summed E-state index contributed by atoms with van der Waals surface area (Å²) in [7, 11) is 0. The minimum Gasteiger partial charge on any atom is -0.381 e. The van der Waals surface area contributed by atoms with Gasteiger partial charge in [0.2, 0.25) is 0 Å². The molecule has 124 valence electrons. The van der Waals surface area contributed by atoms with Crippen molar-refractivity contribution in [2.45, 2.75) is 44.9 Å². The molecule has 1 atom stereocenters. The predicted octanol–water partition coefficient (Wildman–Crippen LogP) is 3.76. The van der Waals surface area contributed by atoms with Gasteiger partial charge < -0.3 is 9.64 Å². The van der Waals surface area contributed by atoms with Crippen LogP contribution in [0.4, 0.5) is 0 Å². The summed E-state index contributed by atoms with van der Waals surface area (Å²) < 4.78 is 5.48. The molecule has 4 rings (SSSR count). The zero-order valence-corrected chi connectivity index (χ0v) is 14.1. The molecule has 1 unspecified atom stereocenters. The summed E-state index contributed by atoms with van der Waals surface area (Å²) in [6.45, 7) is 5.76. The molecule has 1 aromatic carbocycles. The number of nitrogens with zero attached hydrogens (tertiary/aromatic N) is 1. The van der Waals surface area contributed by atoms with Crippen molar-refractivity contribution in [3.8, 4) is 0 Å². The lowest BCUT2D eigenvalue weighted by Gasteiger charge is -2.27. The minimum absolute atomic E-state index is 0.269. The molecule has 3 fully saturated rings. The molecular formula is C20H27NO2. The van der Waals surface area contributed by atoms with Gasteiger partial charge in [0, 0.05) is 31.9 Å². The maximum absolute atomic E-state index is 13.1. The molecule has 0 radical (unpaired) electrons. The third-order valence-corrected chi connectivity index (χ3v) is 5.90. The number of likely N-dealkylation sites (tertiary alicyclic amines) is 1. The fourth-order valence-electron chi connectivity index (χ4n) is 4.32. The zero-order valence-electron chi connectivity index (χ0n) is 14.1. The zero-order chi connectivity index (χ0) is 15.8. The lowest BCUT2D eigenvalue weighted by molar-refractivity contribution is 0.0471. The van der Waals surface area contributed by atoms with Crippen molar-refractivity contribution in [3.63, 3.8) is 0 Å². The second kappa shape index (κ2) is 6.27. The van der Waals surface area contributed by atoms with Gasteiger partial charge in [0.15, 0.2) is 0 Å². The molecule has 2 heterocycles. The third kappa shape index (κ3) is 3.16. The summed E-state index contributed by atoms with van der Waals surface area (Å²) >= 11 is 0. The second-order valence-electron chi connectivity index (χ2n) is 7.61. The topological polar surface area (TPSA) is 29.5 Å². The molecule has 0 spiro atoms. The number of rotatable bonds is 3. The average Bonchev–Trinajstić information content (AvgIpc) is 3.31. The van der Waals surface area contributed by atoms with E-state index in [0.717, 1.165) is 37.8 Å². The molecule has 2 aliphatic heterocycles. The standard InChI is InChI=1S/C20H27NO2/c1-14-2-5-18(16-3-4-16)19(12-14)20(22)21-9-6-17(13-21)15-7-10-23-11-8-15/h2,5,12,15-17H,3-4,6-11,13H2,1H3. The highest BCUT2D eigenvalue weighted by Crippen LogP contribution is 2.42. The monoisotopic (exact) mass is 313 g/mol. The number of hydrogen-bond acceptors (Lipinski definition) is 2. The maximum atomic E-state index is 13.1. The van der Waals surface area contributed by atoms with E-state index < -0.39 is 0 Å². The molecule has 1 saturated carbocycles. The van der Waals surface area contributed by atoms with Crippen molar-refractivity contribution in [1.29, 1.82) is 0 Å². The van der Waals surface area contributed by atoms with Crippen LogP contribution >= 0.6 is 0 Å². The molecule has 23 heavy (non-hydrogen) atoms. The van der Waals surface area contributed by atoms with Crippen LogP contribution in [0.1, 0.15) is 59.5 Å². The van der Waals surface area contributed by atoms with Crippen molar-refractivity contribution >= 4 is 5.91 Å². The first kappa shape index (κ1) is 15.2. The summed E-state index contributed by atoms with van der Waals surface area (Å²) in [6.07, 6.45) is 6.00. The molecule has 2 saturated heterocycles. The minimum atomic E-state index is 0.269. The Labute approximate surface area is 139 Å². The lowest BCUT2D eigenvalue weighted by Crippen LogP contribution is -2.31. The van der Waals surface area contributed by atoms with E-state index in [9.17, 15) is 4.79 Å². The summed E-state index contributed by atoms with van der Waals surface area (Å²) in [4.78, 5) is 15.2. The first-order valence-electron chi connectivity index (χ1n) is 9.20. The Kier molecular flexibility index (Phi) is 4.14. The molecule has 3 aliphatic rings. The van der Waals surface area contributed by atoms with Crippen LogP contribution in [0.3, 0.4) is 0 Å². The van der Waals surface area contributed by atoms with E-state index in [2.05, 4.69) is 30.0 Å². The van der Waals surface area contributed by atoms with E-state index in [1.165, 1.54) is 43.2 Å². The summed E-state index contributed by atoms with van der Waals surface area (Å²) in [6, 6.07) is 6.45. The van der Waals surface area contributed by atoms with Crippen molar-refractivity contribution in [2.24, 2.45) is 11.8 Å². The van der Waals surface area contributed by atoms with Crippen molar-refractivity contribution < 1.29 is 9.53 Å². The maximum Gasteiger partial charge on any atom is 0.254 e. The highest BCUT2D eigenvalue weighted by atomic mass is 16.5. The molecule has 1 aliphatic carbocycles. The smallest absolute Gasteiger partial charge is 0.254 e. The van der Waals surface area contributed by atoms with E-state index in [0.29, 0.717) is 11.8 Å². The van der Waals surface area contributed by atoms with Crippen LogP contribution in [0.15, 0.2) is 18.2 Å². The quantitative estimate of drug-likeness (QED) is 0.850. The first-order chi connectivity index (χ1) is 11.2. The van der Waals surface area contributed by atoms with Crippen LogP contribution in [0, 0.1) is 18.8 Å². The number of hydrogen-bond donors (Lipinski definition) is 0. The van der Waals surface area contributed by atoms with Gasteiger partial charge in [-0.15, -0.1) is 0 Å². The third-order valence-electron chi connectivity index (χ3n) is 5.90. The van der Waals surface area contributed by atoms with E-state index >= 15 is 0 Å². The van der Waals surface area contributed by atoms with E-state index in [-0.39, 0.29) is 5.91 Å².